The molecule has 0 amide bonds. The number of hydrogen-bond donors (Lipinski definition) is 0. The molecular weight excluding hydrogens is 911 g/mol. The number of esters is 1. The van der Waals surface area contributed by atoms with E-state index in [0.29, 0.717) is 16.5 Å². The Bertz CT molecular complexity index is 2230. The van der Waals surface area contributed by atoms with Gasteiger partial charge in [0, 0.05) is 5.56 Å². The highest BCUT2D eigenvalue weighted by molar-refractivity contribution is 7.94. The fourth-order valence-electron chi connectivity index (χ4n) is 6.28. The maximum absolute atomic E-state index is 15.4. The zero-order valence-electron chi connectivity index (χ0n) is 31.4. The molecule has 0 spiro atoms. The topological polar surface area (TPSA) is 26.3 Å². The van der Waals surface area contributed by atoms with E-state index in [1.54, 1.807) is 0 Å². The van der Waals surface area contributed by atoms with Crippen LogP contribution in [0.15, 0.2) is 24.3 Å². The second-order valence-corrected chi connectivity index (χ2v) is 16.4. The summed E-state index contributed by atoms with van der Waals surface area (Å²) in [5, 5.41) is 0. The second kappa shape index (κ2) is 17.8. The predicted molar refractivity (Wildman–Crippen MR) is 184 cm³/mol. The van der Waals surface area contributed by atoms with Gasteiger partial charge in [0.25, 0.3) is 0 Å². The van der Waals surface area contributed by atoms with Crippen molar-refractivity contribution in [2.45, 2.75) is 32.1 Å². The molecule has 62 heavy (non-hydrogen) atoms. The average Bonchev–Trinajstić information content (AvgIpc) is 3.20. The summed E-state index contributed by atoms with van der Waals surface area (Å²) in [5.41, 5.74) is -12.9. The maximum Gasteiger partial charge on any atom is 0.338 e. The van der Waals surface area contributed by atoms with Crippen LogP contribution in [0.2, 0.25) is 0 Å². The molecule has 0 heterocycles. The first-order chi connectivity index (χ1) is 28.5. The first-order valence-electron chi connectivity index (χ1n) is 16.6. The third kappa shape index (κ3) is 8.28. The van der Waals surface area contributed by atoms with E-state index < -0.39 is 150 Å². The van der Waals surface area contributed by atoms with Crippen molar-refractivity contribution in [1.82, 2.24) is 0 Å². The SMILES string of the molecule is C[S+](C)Cc1ccc(C(=O)OC(C)(C)C)cc1.Fc1c(F)c(F)c([B-](c2c(F)c(F)c(F)c(F)c2F)(c2c(F)c(F)c(F)c(F)c2F)c2c(F)c(F)c(F)c(F)c2F)c(F)c1F. The van der Waals surface area contributed by atoms with Crippen molar-refractivity contribution in [3.05, 3.63) is 152 Å². The predicted octanol–water partition coefficient (Wildman–Crippen LogP) is 8.87. The Morgan fingerprint density at radius 1 is 0.419 bits per heavy atom. The Kier molecular flexibility index (Phi) is 14.1. The highest BCUT2D eigenvalue weighted by Crippen LogP contribution is 2.31. The molecule has 0 aliphatic rings. The lowest BCUT2D eigenvalue weighted by Crippen LogP contribution is -2.81. The fraction of sp³-hybridized carbons (Fsp3) is 0.184. The molecule has 0 radical (unpaired) electrons. The molecule has 0 aromatic heterocycles. The van der Waals surface area contributed by atoms with E-state index in [0.717, 1.165) is 5.75 Å². The van der Waals surface area contributed by atoms with Crippen LogP contribution >= 0.6 is 0 Å². The van der Waals surface area contributed by atoms with Crippen LogP contribution in [0.5, 0.6) is 0 Å². The van der Waals surface area contributed by atoms with Crippen LogP contribution in [0.25, 0.3) is 0 Å². The first kappa shape index (κ1) is 49.2. The van der Waals surface area contributed by atoms with Crippen LogP contribution < -0.4 is 21.9 Å². The molecule has 0 saturated carbocycles. The van der Waals surface area contributed by atoms with Crippen molar-refractivity contribution < 1.29 is 97.3 Å². The molecule has 5 aromatic rings. The van der Waals surface area contributed by atoms with Crippen molar-refractivity contribution in [3.63, 3.8) is 0 Å². The van der Waals surface area contributed by atoms with Gasteiger partial charge < -0.3 is 4.74 Å². The minimum absolute atomic E-state index is 0.254. The molecule has 334 valence electrons. The van der Waals surface area contributed by atoms with Gasteiger partial charge in [0.2, 0.25) is 0 Å². The standard InChI is InChI=1S/C24BF20.C14H21O2S/c26-5-1(6(27)14(35)21(42)13(5)34)25(2-7(28)15(36)22(43)16(37)8(2)29,3-9(30)17(38)23(44)18(39)10(3)31)4-11(32)19(40)24(45)20(41)12(4)33;1-14(2,3)16-13(15)12-8-6-11(7-9-12)10-17(4)5/h;6-9H,10H2,1-5H3/q-1;+1. The Hall–Kier alpha value is -5.42. The summed E-state index contributed by atoms with van der Waals surface area (Å²) in [4.78, 5) is 11.8. The molecule has 2 nitrogen and oxygen atoms in total. The summed E-state index contributed by atoms with van der Waals surface area (Å²) in [6.45, 7) is 5.62. The van der Waals surface area contributed by atoms with Crippen LogP contribution in [0, 0.1) is 116 Å². The number of halogens is 20. The van der Waals surface area contributed by atoms with Gasteiger partial charge in [0.05, 0.1) is 18.1 Å². The number of hydrogen-bond acceptors (Lipinski definition) is 2. The van der Waals surface area contributed by atoms with Gasteiger partial charge in [-0.2, -0.15) is 0 Å². The average molecular weight is 932 g/mol. The van der Waals surface area contributed by atoms with Gasteiger partial charge in [-0.15, -0.1) is 21.9 Å². The summed E-state index contributed by atoms with van der Waals surface area (Å²) in [7, 11) is 0.384. The van der Waals surface area contributed by atoms with E-state index >= 15 is 35.1 Å². The van der Waals surface area contributed by atoms with E-state index in [9.17, 15) is 57.5 Å². The summed E-state index contributed by atoms with van der Waals surface area (Å²) < 4.78 is 299. The molecule has 0 aliphatic heterocycles. The maximum atomic E-state index is 15.4. The number of carbonyl (C=O) groups excluding carboxylic acids is 1. The van der Waals surface area contributed by atoms with Crippen molar-refractivity contribution in [3.8, 4) is 0 Å². The van der Waals surface area contributed by atoms with Gasteiger partial charge >= 0.3 is 5.97 Å². The molecular formula is C38H21BF20O2S. The fourth-order valence-corrected chi connectivity index (χ4v) is 7.14. The van der Waals surface area contributed by atoms with Gasteiger partial charge in [-0.25, -0.2) is 92.6 Å². The number of ether oxygens (including phenoxy) is 1. The molecule has 5 aromatic carbocycles. The first-order valence-corrected chi connectivity index (χ1v) is 18.8. The van der Waals surface area contributed by atoms with E-state index in [-0.39, 0.29) is 5.97 Å². The monoisotopic (exact) mass is 932 g/mol. The third-order valence-corrected chi connectivity index (χ3v) is 9.66. The lowest BCUT2D eigenvalue weighted by Gasteiger charge is -2.44. The molecule has 0 bridgehead atoms. The number of rotatable bonds is 7. The van der Waals surface area contributed by atoms with Crippen LogP contribution in [-0.2, 0) is 21.4 Å². The van der Waals surface area contributed by atoms with E-state index in [1.165, 1.54) is 5.56 Å². The largest absolute Gasteiger partial charge is 0.456 e. The van der Waals surface area contributed by atoms with Crippen LogP contribution in [0.4, 0.5) is 87.8 Å². The molecule has 24 heteroatoms. The van der Waals surface area contributed by atoms with Crippen molar-refractivity contribution >= 4 is 44.9 Å². The summed E-state index contributed by atoms with van der Waals surface area (Å²) in [6.07, 6.45) is -2.80. The summed E-state index contributed by atoms with van der Waals surface area (Å²) in [6, 6.07) is 7.70. The molecule has 0 unspecified atom stereocenters. The number of benzene rings is 5. The Labute approximate surface area is 338 Å². The van der Waals surface area contributed by atoms with Crippen LogP contribution in [0.3, 0.4) is 0 Å². The molecule has 5 rings (SSSR count). The zero-order chi connectivity index (χ0) is 47.4. The van der Waals surface area contributed by atoms with Gasteiger partial charge in [-0.1, -0.05) is 12.1 Å². The molecule has 0 saturated heterocycles. The van der Waals surface area contributed by atoms with Gasteiger partial charge in [0.1, 0.15) is 64.0 Å². The van der Waals surface area contributed by atoms with Gasteiger partial charge in [-0.3, -0.25) is 0 Å². The Morgan fingerprint density at radius 2 is 0.629 bits per heavy atom. The van der Waals surface area contributed by atoms with E-state index in [1.807, 2.05) is 45.0 Å². The Balaban J connectivity index is 0.000000416. The third-order valence-electron chi connectivity index (χ3n) is 8.75. The van der Waals surface area contributed by atoms with Gasteiger partial charge in [-0.05, 0) is 43.8 Å². The molecule has 0 aliphatic carbocycles. The molecule has 0 atom stereocenters. The zero-order valence-corrected chi connectivity index (χ0v) is 32.2. The minimum atomic E-state index is -7.22. The highest BCUT2D eigenvalue weighted by Gasteiger charge is 2.52. The second-order valence-electron chi connectivity index (χ2n) is 14.1. The van der Waals surface area contributed by atoms with E-state index in [4.69, 9.17) is 4.74 Å². The Morgan fingerprint density at radius 3 is 0.823 bits per heavy atom. The smallest absolute Gasteiger partial charge is 0.338 e. The van der Waals surface area contributed by atoms with Crippen LogP contribution in [-0.4, -0.2) is 30.2 Å². The molecule has 0 fully saturated rings. The normalized spacial score (nSPS) is 11.9. The van der Waals surface area contributed by atoms with Gasteiger partial charge in [0.15, 0.2) is 69.8 Å². The number of carbonyl (C=O) groups is 1. The molecule has 0 N–H and O–H groups in total. The lowest BCUT2D eigenvalue weighted by atomic mass is 9.12. The van der Waals surface area contributed by atoms with Crippen molar-refractivity contribution in [1.29, 1.82) is 0 Å². The quantitative estimate of drug-likeness (QED) is 0.0408. The minimum Gasteiger partial charge on any atom is -0.456 e. The lowest BCUT2D eigenvalue weighted by molar-refractivity contribution is 0.00693. The van der Waals surface area contributed by atoms with E-state index in [2.05, 4.69) is 12.5 Å². The van der Waals surface area contributed by atoms with Crippen LogP contribution in [0.1, 0.15) is 36.7 Å². The van der Waals surface area contributed by atoms with Crippen molar-refractivity contribution in [2.24, 2.45) is 0 Å². The van der Waals surface area contributed by atoms with Crippen molar-refractivity contribution in [2.75, 3.05) is 12.5 Å². The summed E-state index contributed by atoms with van der Waals surface area (Å²) in [5.74, 6) is -70.6. The summed E-state index contributed by atoms with van der Waals surface area (Å²) >= 11 is 0. The highest BCUT2D eigenvalue weighted by atomic mass is 32.2.